The van der Waals surface area contributed by atoms with E-state index in [2.05, 4.69) is 46.5 Å². The molecule has 0 saturated carbocycles. The van der Waals surface area contributed by atoms with E-state index < -0.39 is 0 Å². The molecule has 1 unspecified atom stereocenters. The molecule has 2 aromatic rings. The summed E-state index contributed by atoms with van der Waals surface area (Å²) in [5.41, 5.74) is 3.72. The highest BCUT2D eigenvalue weighted by molar-refractivity contribution is 5.59. The minimum atomic E-state index is 0.597. The molecular weight excluding hydrogens is 210 g/mol. The number of H-pyrrole nitrogens is 1. The van der Waals surface area contributed by atoms with E-state index in [1.165, 1.54) is 23.2 Å². The predicted molar refractivity (Wildman–Crippen MR) is 69.0 cm³/mol. The smallest absolute Gasteiger partial charge is 0.137 e. The topological polar surface area (TPSA) is 40.7 Å². The van der Waals surface area contributed by atoms with Crippen LogP contribution in [0.5, 0.6) is 0 Å². The summed E-state index contributed by atoms with van der Waals surface area (Å²) in [7, 11) is 0. The third-order valence-corrected chi connectivity index (χ3v) is 3.50. The van der Waals surface area contributed by atoms with E-state index in [0.717, 1.165) is 18.9 Å². The Bertz CT molecular complexity index is 510. The predicted octanol–water partition coefficient (Wildman–Crippen LogP) is 2.46. The highest BCUT2D eigenvalue weighted by Crippen LogP contribution is 2.25. The summed E-state index contributed by atoms with van der Waals surface area (Å²) in [6, 6.07) is 8.35. The van der Waals surface area contributed by atoms with Crippen molar-refractivity contribution in [2.75, 3.05) is 13.1 Å². The number of benzene rings is 1. The molecule has 1 aromatic carbocycles. The number of rotatable bonds is 2. The Morgan fingerprint density at radius 2 is 2.18 bits per heavy atom. The molecule has 3 heteroatoms. The molecule has 0 aliphatic carbocycles. The van der Waals surface area contributed by atoms with Crippen LogP contribution in [0.25, 0.3) is 11.4 Å². The molecule has 1 aliphatic heterocycles. The van der Waals surface area contributed by atoms with Crippen molar-refractivity contribution in [3.63, 3.8) is 0 Å². The maximum atomic E-state index is 4.51. The number of aromatic nitrogens is 2. The molecule has 17 heavy (non-hydrogen) atoms. The van der Waals surface area contributed by atoms with Crippen LogP contribution in [0.3, 0.4) is 0 Å². The quantitative estimate of drug-likeness (QED) is 0.827. The van der Waals surface area contributed by atoms with Gasteiger partial charge in [-0.3, -0.25) is 0 Å². The van der Waals surface area contributed by atoms with Crippen LogP contribution in [0.1, 0.15) is 23.6 Å². The van der Waals surface area contributed by atoms with Gasteiger partial charge in [0.25, 0.3) is 0 Å². The second-order valence-corrected chi connectivity index (χ2v) is 4.69. The first kappa shape index (κ1) is 10.5. The first-order valence-electron chi connectivity index (χ1n) is 6.16. The van der Waals surface area contributed by atoms with Gasteiger partial charge in [-0.1, -0.05) is 24.3 Å². The van der Waals surface area contributed by atoms with E-state index in [9.17, 15) is 0 Å². The van der Waals surface area contributed by atoms with E-state index in [4.69, 9.17) is 0 Å². The van der Waals surface area contributed by atoms with Crippen LogP contribution in [0.4, 0.5) is 0 Å². The molecule has 0 amide bonds. The number of nitrogens with zero attached hydrogens (tertiary/aromatic N) is 1. The highest BCUT2D eigenvalue weighted by Gasteiger charge is 2.19. The van der Waals surface area contributed by atoms with Gasteiger partial charge in [0.2, 0.25) is 0 Å². The van der Waals surface area contributed by atoms with Gasteiger partial charge >= 0.3 is 0 Å². The molecule has 3 rings (SSSR count). The number of imidazole rings is 1. The van der Waals surface area contributed by atoms with E-state index in [1.807, 2.05) is 6.20 Å². The maximum absolute atomic E-state index is 4.51. The fraction of sp³-hybridized carbons (Fsp3) is 0.357. The van der Waals surface area contributed by atoms with Crippen molar-refractivity contribution >= 4 is 0 Å². The second-order valence-electron chi connectivity index (χ2n) is 4.69. The van der Waals surface area contributed by atoms with Crippen molar-refractivity contribution in [1.29, 1.82) is 0 Å². The van der Waals surface area contributed by atoms with Gasteiger partial charge in [0.15, 0.2) is 0 Å². The molecule has 1 aliphatic rings. The van der Waals surface area contributed by atoms with Gasteiger partial charge in [0, 0.05) is 29.9 Å². The average Bonchev–Trinajstić information content (AvgIpc) is 3.00. The molecule has 1 saturated heterocycles. The molecule has 2 heterocycles. The molecule has 88 valence electrons. The first-order valence-corrected chi connectivity index (χ1v) is 6.16. The number of hydrogen-bond donors (Lipinski definition) is 2. The Hall–Kier alpha value is -1.61. The van der Waals surface area contributed by atoms with Gasteiger partial charge < -0.3 is 10.3 Å². The molecule has 1 atom stereocenters. The molecular formula is C14H17N3. The standard InChI is InChI=1S/C14H17N3/c1-10-4-2-3-5-12(10)14-16-9-13(17-14)11-6-7-15-8-11/h2-5,9,11,15H,6-8H2,1H3,(H,16,17). The summed E-state index contributed by atoms with van der Waals surface area (Å²) in [6.07, 6.45) is 3.19. The van der Waals surface area contributed by atoms with E-state index in [-0.39, 0.29) is 0 Å². The SMILES string of the molecule is Cc1ccccc1-c1ncc(C2CCNC2)[nH]1. The lowest BCUT2D eigenvalue weighted by molar-refractivity contribution is 0.741. The third kappa shape index (κ3) is 1.98. The molecule has 3 nitrogen and oxygen atoms in total. The normalized spacial score (nSPS) is 19.7. The summed E-state index contributed by atoms with van der Waals surface area (Å²) < 4.78 is 0. The lowest BCUT2D eigenvalue weighted by atomic mass is 10.1. The van der Waals surface area contributed by atoms with Crippen LogP contribution < -0.4 is 5.32 Å². The summed E-state index contributed by atoms with van der Waals surface area (Å²) >= 11 is 0. The van der Waals surface area contributed by atoms with Crippen LogP contribution in [-0.2, 0) is 0 Å². The minimum absolute atomic E-state index is 0.597. The van der Waals surface area contributed by atoms with Crippen LogP contribution in [-0.4, -0.2) is 23.1 Å². The van der Waals surface area contributed by atoms with Crippen LogP contribution >= 0.6 is 0 Å². The molecule has 0 spiro atoms. The lowest BCUT2D eigenvalue weighted by Gasteiger charge is -2.04. The summed E-state index contributed by atoms with van der Waals surface area (Å²) in [6.45, 7) is 4.30. The maximum Gasteiger partial charge on any atom is 0.137 e. The van der Waals surface area contributed by atoms with Crippen LogP contribution in [0, 0.1) is 6.92 Å². The fourth-order valence-electron chi connectivity index (χ4n) is 2.44. The third-order valence-electron chi connectivity index (χ3n) is 3.50. The molecule has 2 N–H and O–H groups in total. The summed E-state index contributed by atoms with van der Waals surface area (Å²) in [5, 5.41) is 3.38. The zero-order valence-electron chi connectivity index (χ0n) is 10.0. The Balaban J connectivity index is 1.92. The molecule has 1 fully saturated rings. The lowest BCUT2D eigenvalue weighted by Crippen LogP contribution is -2.08. The van der Waals surface area contributed by atoms with Gasteiger partial charge in [0.05, 0.1) is 0 Å². The second kappa shape index (κ2) is 4.34. The Kier molecular flexibility index (Phi) is 2.69. The Labute approximate surface area is 101 Å². The number of aromatic amines is 1. The van der Waals surface area contributed by atoms with Gasteiger partial charge in [-0.05, 0) is 25.5 Å². The van der Waals surface area contributed by atoms with Crippen LogP contribution in [0.2, 0.25) is 0 Å². The van der Waals surface area contributed by atoms with Crippen molar-refractivity contribution in [1.82, 2.24) is 15.3 Å². The molecule has 1 aromatic heterocycles. The number of hydrogen-bond acceptors (Lipinski definition) is 2. The first-order chi connectivity index (χ1) is 8.34. The van der Waals surface area contributed by atoms with Crippen molar-refractivity contribution in [3.05, 3.63) is 41.7 Å². The Morgan fingerprint density at radius 3 is 2.94 bits per heavy atom. The van der Waals surface area contributed by atoms with Gasteiger partial charge in [0.1, 0.15) is 5.82 Å². The monoisotopic (exact) mass is 227 g/mol. The fourth-order valence-corrected chi connectivity index (χ4v) is 2.44. The minimum Gasteiger partial charge on any atom is -0.342 e. The largest absolute Gasteiger partial charge is 0.342 e. The number of aryl methyl sites for hydroxylation is 1. The summed E-state index contributed by atoms with van der Waals surface area (Å²) in [4.78, 5) is 7.97. The van der Waals surface area contributed by atoms with E-state index in [0.29, 0.717) is 5.92 Å². The van der Waals surface area contributed by atoms with Crippen molar-refractivity contribution in [3.8, 4) is 11.4 Å². The Morgan fingerprint density at radius 1 is 1.29 bits per heavy atom. The van der Waals surface area contributed by atoms with Gasteiger partial charge in [-0.25, -0.2) is 4.98 Å². The zero-order chi connectivity index (χ0) is 11.7. The molecule has 0 bridgehead atoms. The highest BCUT2D eigenvalue weighted by atomic mass is 15.0. The van der Waals surface area contributed by atoms with Crippen LogP contribution in [0.15, 0.2) is 30.5 Å². The van der Waals surface area contributed by atoms with Gasteiger partial charge in [-0.15, -0.1) is 0 Å². The molecule has 0 radical (unpaired) electrons. The average molecular weight is 227 g/mol. The van der Waals surface area contributed by atoms with Gasteiger partial charge in [-0.2, -0.15) is 0 Å². The van der Waals surface area contributed by atoms with Crippen molar-refractivity contribution in [2.45, 2.75) is 19.3 Å². The number of nitrogens with one attached hydrogen (secondary N) is 2. The summed E-state index contributed by atoms with van der Waals surface area (Å²) in [5.74, 6) is 1.59. The zero-order valence-corrected chi connectivity index (χ0v) is 10.0. The van der Waals surface area contributed by atoms with Crippen molar-refractivity contribution < 1.29 is 0 Å². The van der Waals surface area contributed by atoms with E-state index >= 15 is 0 Å². The van der Waals surface area contributed by atoms with Crippen molar-refractivity contribution in [2.24, 2.45) is 0 Å². The van der Waals surface area contributed by atoms with E-state index in [1.54, 1.807) is 0 Å².